The molecular weight excluding hydrogens is 166 g/mol. The number of sulfonamides is 1. The first kappa shape index (κ1) is 8.52. The summed E-state index contributed by atoms with van der Waals surface area (Å²) >= 11 is 0. The van der Waals surface area contributed by atoms with E-state index in [1.165, 1.54) is 7.05 Å². The number of amides is 1. The molecule has 0 N–H and O–H groups in total. The Morgan fingerprint density at radius 3 is 1.91 bits per heavy atom. The third-order valence-electron chi connectivity index (χ3n) is 2.26. The summed E-state index contributed by atoms with van der Waals surface area (Å²) in [5, 5.41) is -0.569. The van der Waals surface area contributed by atoms with Crippen LogP contribution in [-0.2, 0) is 14.8 Å². The zero-order valence-corrected chi connectivity index (χ0v) is 7.55. The maximum Gasteiger partial charge on any atom is 0.240 e. The molecule has 1 aliphatic rings. The fourth-order valence-electron chi connectivity index (χ4n) is 1.12. The smallest absolute Gasteiger partial charge is 0.240 e. The van der Waals surface area contributed by atoms with E-state index in [-0.39, 0.29) is 5.91 Å². The lowest BCUT2D eigenvalue weighted by atomic mass is 10.1. The second-order valence-corrected chi connectivity index (χ2v) is 5.17. The molecule has 11 heavy (non-hydrogen) atoms. The number of nitrogens with zero attached hydrogens (tertiary/aromatic N) is 1. The molecule has 0 aromatic carbocycles. The Balaban J connectivity index is 3.17. The molecule has 1 aliphatic heterocycles. The minimum atomic E-state index is -3.32. The van der Waals surface area contributed by atoms with Gasteiger partial charge in [-0.15, -0.1) is 0 Å². The van der Waals surface area contributed by atoms with Crippen molar-refractivity contribution in [1.29, 1.82) is 0 Å². The average Bonchev–Trinajstić information content (AvgIpc) is 2.06. The van der Waals surface area contributed by atoms with Gasteiger partial charge in [0.15, 0.2) is 0 Å². The lowest BCUT2D eigenvalue weighted by Crippen LogP contribution is -2.26. The van der Waals surface area contributed by atoms with Crippen LogP contribution >= 0.6 is 0 Å². The van der Waals surface area contributed by atoms with Gasteiger partial charge in [0.2, 0.25) is 15.9 Å². The highest BCUT2D eigenvalue weighted by atomic mass is 32.2. The summed E-state index contributed by atoms with van der Waals surface area (Å²) in [6, 6.07) is 0. The van der Waals surface area contributed by atoms with Crippen molar-refractivity contribution in [3.63, 3.8) is 0 Å². The molecule has 4 nitrogen and oxygen atoms in total. The topological polar surface area (TPSA) is 54.5 Å². The Kier molecular flexibility index (Phi) is 1.70. The number of hydrogen-bond acceptors (Lipinski definition) is 3. The van der Waals surface area contributed by atoms with E-state index in [0.29, 0.717) is 0 Å². The van der Waals surface area contributed by atoms with Gasteiger partial charge in [-0.2, -0.15) is 0 Å². The first-order chi connectivity index (χ1) is 4.89. The van der Waals surface area contributed by atoms with Crippen LogP contribution in [0.1, 0.15) is 13.8 Å². The first-order valence-corrected chi connectivity index (χ1v) is 4.91. The second-order valence-electron chi connectivity index (χ2n) is 2.84. The van der Waals surface area contributed by atoms with Crippen molar-refractivity contribution < 1.29 is 13.2 Å². The van der Waals surface area contributed by atoms with Crippen LogP contribution < -0.4 is 0 Å². The van der Waals surface area contributed by atoms with Gasteiger partial charge in [0, 0.05) is 7.05 Å². The van der Waals surface area contributed by atoms with Crippen LogP contribution in [0.2, 0.25) is 0 Å². The molecule has 2 atom stereocenters. The molecule has 1 heterocycles. The van der Waals surface area contributed by atoms with E-state index >= 15 is 0 Å². The predicted molar refractivity (Wildman–Crippen MR) is 40.3 cm³/mol. The Morgan fingerprint density at radius 1 is 1.36 bits per heavy atom. The molecule has 0 aliphatic carbocycles. The fraction of sp³-hybridized carbons (Fsp3) is 0.833. The maximum atomic E-state index is 11.2. The summed E-state index contributed by atoms with van der Waals surface area (Å²) in [6.45, 7) is 3.19. The third kappa shape index (κ3) is 0.946. The summed E-state index contributed by atoms with van der Waals surface area (Å²) in [5.41, 5.74) is 0. The number of hydrogen-bond donors (Lipinski definition) is 0. The Morgan fingerprint density at radius 2 is 1.82 bits per heavy atom. The lowest BCUT2D eigenvalue weighted by Gasteiger charge is -2.07. The average molecular weight is 177 g/mol. The Bertz CT molecular complexity index is 282. The van der Waals surface area contributed by atoms with Gasteiger partial charge in [-0.25, -0.2) is 12.7 Å². The molecule has 0 aromatic heterocycles. The van der Waals surface area contributed by atoms with Crippen molar-refractivity contribution >= 4 is 15.9 Å². The Hall–Kier alpha value is -0.580. The molecule has 0 saturated carbocycles. The molecule has 64 valence electrons. The number of carbonyl (C=O) groups excluding carboxylic acids is 1. The van der Waals surface area contributed by atoms with Crippen molar-refractivity contribution in [1.82, 2.24) is 4.31 Å². The van der Waals surface area contributed by atoms with E-state index in [0.717, 1.165) is 4.31 Å². The van der Waals surface area contributed by atoms with Crippen LogP contribution in [0.15, 0.2) is 0 Å². The van der Waals surface area contributed by atoms with E-state index < -0.39 is 21.2 Å². The van der Waals surface area contributed by atoms with Crippen LogP contribution in [0.25, 0.3) is 0 Å². The fourth-order valence-corrected chi connectivity index (χ4v) is 2.67. The van der Waals surface area contributed by atoms with E-state index in [1.807, 2.05) is 0 Å². The second kappa shape index (κ2) is 2.20. The largest absolute Gasteiger partial charge is 0.273 e. The van der Waals surface area contributed by atoms with Gasteiger partial charge in [0.25, 0.3) is 0 Å². The molecule has 5 heteroatoms. The van der Waals surface area contributed by atoms with Crippen LogP contribution in [0.3, 0.4) is 0 Å². The summed E-state index contributed by atoms with van der Waals surface area (Å²) < 4.78 is 23.3. The van der Waals surface area contributed by atoms with E-state index in [1.54, 1.807) is 13.8 Å². The monoisotopic (exact) mass is 177 g/mol. The van der Waals surface area contributed by atoms with Crippen LogP contribution in [-0.4, -0.2) is 30.9 Å². The van der Waals surface area contributed by atoms with E-state index in [4.69, 9.17) is 0 Å². The molecule has 0 aromatic rings. The van der Waals surface area contributed by atoms with Crippen molar-refractivity contribution in [3.05, 3.63) is 0 Å². The van der Waals surface area contributed by atoms with Crippen molar-refractivity contribution in [2.75, 3.05) is 7.05 Å². The summed E-state index contributed by atoms with van der Waals surface area (Å²) in [6.07, 6.45) is 0. The van der Waals surface area contributed by atoms with Crippen molar-refractivity contribution in [2.24, 2.45) is 5.92 Å². The van der Waals surface area contributed by atoms with Crippen molar-refractivity contribution in [2.45, 2.75) is 19.1 Å². The molecule has 1 saturated heterocycles. The molecule has 1 fully saturated rings. The summed E-state index contributed by atoms with van der Waals surface area (Å²) in [4.78, 5) is 11.1. The number of rotatable bonds is 0. The zero-order chi connectivity index (χ0) is 8.81. The minimum absolute atomic E-state index is 0.308. The molecular formula is C6H11NO3S. The quantitative estimate of drug-likeness (QED) is 0.515. The highest BCUT2D eigenvalue weighted by Gasteiger charge is 2.45. The molecule has 1 rings (SSSR count). The van der Waals surface area contributed by atoms with Gasteiger partial charge in [0.05, 0.1) is 11.2 Å². The van der Waals surface area contributed by atoms with E-state index in [9.17, 15) is 13.2 Å². The minimum Gasteiger partial charge on any atom is -0.273 e. The molecule has 0 radical (unpaired) electrons. The van der Waals surface area contributed by atoms with Gasteiger partial charge in [-0.05, 0) is 6.92 Å². The highest BCUT2D eigenvalue weighted by molar-refractivity contribution is 7.90. The normalized spacial score (nSPS) is 36.3. The van der Waals surface area contributed by atoms with Crippen LogP contribution in [0, 0.1) is 5.92 Å². The van der Waals surface area contributed by atoms with Gasteiger partial charge < -0.3 is 0 Å². The SMILES string of the molecule is CC1[C@H](C)C(=O)N(C)S1(=O)=O. The Labute approximate surface area is 66.2 Å². The van der Waals surface area contributed by atoms with Gasteiger partial charge in [-0.3, -0.25) is 4.79 Å². The van der Waals surface area contributed by atoms with Gasteiger partial charge >= 0.3 is 0 Å². The van der Waals surface area contributed by atoms with Crippen LogP contribution in [0.5, 0.6) is 0 Å². The summed E-state index contributed by atoms with van der Waals surface area (Å²) in [7, 11) is -2.02. The standard InChI is InChI=1S/C6H11NO3S/c1-4-5(2)11(9,10)7(3)6(4)8/h4-5H,1-3H3/t4-,5?/m0/s1. The first-order valence-electron chi connectivity index (χ1n) is 3.40. The van der Waals surface area contributed by atoms with Gasteiger partial charge in [0.1, 0.15) is 0 Å². The lowest BCUT2D eigenvalue weighted by molar-refractivity contribution is -0.127. The zero-order valence-electron chi connectivity index (χ0n) is 6.73. The maximum absolute atomic E-state index is 11.2. The van der Waals surface area contributed by atoms with Gasteiger partial charge in [-0.1, -0.05) is 6.92 Å². The molecule has 1 unspecified atom stereocenters. The summed E-state index contributed by atoms with van der Waals surface area (Å²) in [5.74, 6) is -0.706. The number of carbonyl (C=O) groups is 1. The van der Waals surface area contributed by atoms with Crippen molar-refractivity contribution in [3.8, 4) is 0 Å². The molecule has 0 bridgehead atoms. The third-order valence-corrected chi connectivity index (χ3v) is 4.55. The van der Waals surface area contributed by atoms with Crippen LogP contribution in [0.4, 0.5) is 0 Å². The highest BCUT2D eigenvalue weighted by Crippen LogP contribution is 2.25. The van der Waals surface area contributed by atoms with E-state index in [2.05, 4.69) is 0 Å². The molecule has 0 spiro atoms. The molecule has 1 amide bonds. The predicted octanol–water partition coefficient (Wildman–Crippen LogP) is -0.187.